The first kappa shape index (κ1) is 28.6. The number of para-hydroxylation sites is 1. The van der Waals surface area contributed by atoms with Gasteiger partial charge in [0.25, 0.3) is 0 Å². The number of amides is 2. The van der Waals surface area contributed by atoms with Gasteiger partial charge in [-0.1, -0.05) is 31.2 Å². The molecule has 0 saturated heterocycles. The van der Waals surface area contributed by atoms with Crippen LogP contribution in [0.25, 0.3) is 0 Å². The van der Waals surface area contributed by atoms with Crippen molar-refractivity contribution in [1.29, 1.82) is 0 Å². The molecule has 192 valence electrons. The Morgan fingerprint density at radius 1 is 1.11 bits per heavy atom. The Labute approximate surface area is 216 Å². The minimum atomic E-state index is -3.80. The fourth-order valence-corrected chi connectivity index (χ4v) is 5.07. The largest absolute Gasteiger partial charge is 0.497 e. The highest BCUT2D eigenvalue weighted by molar-refractivity contribution is 9.10. The number of rotatable bonds is 10. The number of anilines is 1. The molecule has 1 unspecified atom stereocenters. The predicted octanol–water partition coefficient (Wildman–Crippen LogP) is 3.95. The monoisotopic (exact) mass is 567 g/mol. The summed E-state index contributed by atoms with van der Waals surface area (Å²) < 4.78 is 32.3. The van der Waals surface area contributed by atoms with Gasteiger partial charge in [-0.3, -0.25) is 13.9 Å². The number of hydrogen-bond acceptors (Lipinski definition) is 5. The molecule has 0 radical (unpaired) electrons. The molecule has 1 N–H and O–H groups in total. The van der Waals surface area contributed by atoms with Crippen LogP contribution in [0.15, 0.2) is 53.0 Å². The maximum Gasteiger partial charge on any atom is 0.244 e. The van der Waals surface area contributed by atoms with Crippen LogP contribution >= 0.6 is 15.9 Å². The summed E-state index contributed by atoms with van der Waals surface area (Å²) in [5.41, 5.74) is 0.603. The molecule has 8 nitrogen and oxygen atoms in total. The number of hydrogen-bond donors (Lipinski definition) is 1. The van der Waals surface area contributed by atoms with Crippen molar-refractivity contribution in [2.75, 3.05) is 24.2 Å². The summed E-state index contributed by atoms with van der Waals surface area (Å²) in [5, 5.41) is 2.94. The van der Waals surface area contributed by atoms with Gasteiger partial charge in [0, 0.05) is 16.6 Å². The average molecular weight is 569 g/mol. The van der Waals surface area contributed by atoms with E-state index in [0.717, 1.165) is 16.1 Å². The number of carbonyl (C=O) groups excluding carboxylic acids is 2. The number of methoxy groups -OCH3 is 1. The number of halogens is 1. The molecule has 0 spiro atoms. The zero-order valence-corrected chi connectivity index (χ0v) is 23.4. The molecule has 0 aliphatic carbocycles. The van der Waals surface area contributed by atoms with Crippen molar-refractivity contribution in [2.24, 2.45) is 0 Å². The third kappa shape index (κ3) is 8.24. The van der Waals surface area contributed by atoms with E-state index >= 15 is 0 Å². The first-order chi connectivity index (χ1) is 16.3. The minimum Gasteiger partial charge on any atom is -0.497 e. The van der Waals surface area contributed by atoms with E-state index in [-0.39, 0.29) is 12.5 Å². The van der Waals surface area contributed by atoms with Gasteiger partial charge in [-0.25, -0.2) is 8.42 Å². The molecular weight excluding hydrogens is 534 g/mol. The molecule has 0 aromatic heterocycles. The van der Waals surface area contributed by atoms with Gasteiger partial charge in [0.1, 0.15) is 18.3 Å². The van der Waals surface area contributed by atoms with Gasteiger partial charge in [-0.2, -0.15) is 0 Å². The first-order valence-electron chi connectivity index (χ1n) is 11.2. The summed E-state index contributed by atoms with van der Waals surface area (Å²) in [4.78, 5) is 28.3. The van der Waals surface area contributed by atoms with Gasteiger partial charge < -0.3 is 15.0 Å². The smallest absolute Gasteiger partial charge is 0.244 e. The van der Waals surface area contributed by atoms with Crippen molar-refractivity contribution in [1.82, 2.24) is 10.2 Å². The van der Waals surface area contributed by atoms with E-state index in [9.17, 15) is 18.0 Å². The molecule has 2 aromatic rings. The molecule has 10 heteroatoms. The second kappa shape index (κ2) is 11.9. The maximum atomic E-state index is 13.7. The molecule has 0 saturated carbocycles. The van der Waals surface area contributed by atoms with Crippen LogP contribution in [-0.2, 0) is 26.2 Å². The van der Waals surface area contributed by atoms with Crippen LogP contribution in [0.2, 0.25) is 0 Å². The maximum absolute atomic E-state index is 13.7. The highest BCUT2D eigenvalue weighted by Crippen LogP contribution is 2.28. The van der Waals surface area contributed by atoms with Crippen molar-refractivity contribution in [3.63, 3.8) is 0 Å². The molecular formula is C25H34BrN3O5S. The van der Waals surface area contributed by atoms with Crippen LogP contribution in [0.5, 0.6) is 5.75 Å². The van der Waals surface area contributed by atoms with Gasteiger partial charge in [0.15, 0.2) is 0 Å². The highest BCUT2D eigenvalue weighted by Gasteiger charge is 2.33. The van der Waals surface area contributed by atoms with Gasteiger partial charge in [0.2, 0.25) is 21.8 Å². The number of nitrogens with zero attached hydrogens (tertiary/aromatic N) is 2. The van der Waals surface area contributed by atoms with E-state index in [2.05, 4.69) is 21.2 Å². The molecule has 0 aliphatic heterocycles. The van der Waals surface area contributed by atoms with Crippen molar-refractivity contribution in [3.05, 3.63) is 58.6 Å². The van der Waals surface area contributed by atoms with Crippen molar-refractivity contribution >= 4 is 43.5 Å². The van der Waals surface area contributed by atoms with E-state index in [1.165, 1.54) is 4.90 Å². The summed E-state index contributed by atoms with van der Waals surface area (Å²) >= 11 is 3.38. The van der Waals surface area contributed by atoms with Gasteiger partial charge >= 0.3 is 0 Å². The topological polar surface area (TPSA) is 96.0 Å². The zero-order valence-electron chi connectivity index (χ0n) is 21.0. The van der Waals surface area contributed by atoms with Crippen molar-refractivity contribution < 1.29 is 22.7 Å². The van der Waals surface area contributed by atoms with Crippen LogP contribution in [0.1, 0.15) is 39.7 Å². The predicted molar refractivity (Wildman–Crippen MR) is 142 cm³/mol. The molecule has 1 atom stereocenters. The molecule has 35 heavy (non-hydrogen) atoms. The summed E-state index contributed by atoms with van der Waals surface area (Å²) in [7, 11) is -2.25. The Balaban J connectivity index is 2.49. The normalized spacial score (nSPS) is 12.5. The number of ether oxygens (including phenoxy) is 1. The van der Waals surface area contributed by atoms with Crippen LogP contribution in [0, 0.1) is 0 Å². The first-order valence-corrected chi connectivity index (χ1v) is 13.9. The lowest BCUT2D eigenvalue weighted by Crippen LogP contribution is -2.55. The Hall–Kier alpha value is -2.59. The third-order valence-corrected chi connectivity index (χ3v) is 6.97. The summed E-state index contributed by atoms with van der Waals surface area (Å²) in [5.74, 6) is -0.180. The quantitative estimate of drug-likeness (QED) is 0.469. The third-order valence-electron chi connectivity index (χ3n) is 5.17. The zero-order chi connectivity index (χ0) is 26.4. The molecule has 0 aliphatic rings. The molecule has 0 bridgehead atoms. The van der Waals surface area contributed by atoms with E-state index in [4.69, 9.17) is 4.74 Å². The Morgan fingerprint density at radius 2 is 1.77 bits per heavy atom. The molecule has 0 fully saturated rings. The molecule has 0 heterocycles. The summed E-state index contributed by atoms with van der Waals surface area (Å²) in [6.07, 6.45) is 1.40. The van der Waals surface area contributed by atoms with Crippen LogP contribution in [0.3, 0.4) is 0 Å². The second-order valence-electron chi connectivity index (χ2n) is 9.26. The van der Waals surface area contributed by atoms with E-state index in [1.807, 2.05) is 33.8 Å². The van der Waals surface area contributed by atoms with Crippen LogP contribution < -0.4 is 14.4 Å². The van der Waals surface area contributed by atoms with Gasteiger partial charge in [-0.05, 0) is 73.0 Å². The lowest BCUT2D eigenvalue weighted by molar-refractivity contribution is -0.141. The minimum absolute atomic E-state index is 0.111. The average Bonchev–Trinajstić information content (AvgIpc) is 2.76. The van der Waals surface area contributed by atoms with Crippen molar-refractivity contribution in [2.45, 2.75) is 52.2 Å². The van der Waals surface area contributed by atoms with E-state index < -0.39 is 34.1 Å². The summed E-state index contributed by atoms with van der Waals surface area (Å²) in [6.45, 7) is 7.07. The molecule has 2 aromatic carbocycles. The fraction of sp³-hybridized carbons (Fsp3) is 0.440. The van der Waals surface area contributed by atoms with Crippen molar-refractivity contribution in [3.8, 4) is 5.75 Å². The number of sulfonamides is 1. The summed E-state index contributed by atoms with van der Waals surface area (Å²) in [6, 6.07) is 13.2. The van der Waals surface area contributed by atoms with Gasteiger partial charge in [0.05, 0.1) is 19.1 Å². The van der Waals surface area contributed by atoms with Crippen LogP contribution in [-0.4, -0.2) is 56.6 Å². The SMILES string of the molecule is CCC(C(=O)NC(C)(C)C)N(Cc1cccc(OC)c1)C(=O)CN(c1ccccc1Br)S(C)(=O)=O. The Morgan fingerprint density at radius 3 is 2.31 bits per heavy atom. The van der Waals surface area contributed by atoms with E-state index in [0.29, 0.717) is 22.3 Å². The lowest BCUT2D eigenvalue weighted by atomic mass is 10.1. The standard InChI is InChI=1S/C25H34BrN3O5S/c1-7-21(24(31)27-25(2,3)4)28(16-18-11-10-12-19(15-18)34-5)23(30)17-29(35(6,32)33)22-14-9-8-13-20(22)26/h8-15,21H,7,16-17H2,1-6H3,(H,27,31). The molecule has 2 rings (SSSR count). The highest BCUT2D eigenvalue weighted by atomic mass is 79.9. The number of nitrogens with one attached hydrogen (secondary N) is 1. The second-order valence-corrected chi connectivity index (χ2v) is 12.0. The number of benzene rings is 2. The Bertz CT molecular complexity index is 1150. The lowest BCUT2D eigenvalue weighted by Gasteiger charge is -2.34. The molecule has 2 amide bonds. The number of carbonyl (C=O) groups is 2. The Kier molecular flexibility index (Phi) is 9.74. The van der Waals surface area contributed by atoms with E-state index in [1.54, 1.807) is 49.6 Å². The fourth-order valence-electron chi connectivity index (χ4n) is 3.59. The van der Waals surface area contributed by atoms with Gasteiger partial charge in [-0.15, -0.1) is 0 Å². The van der Waals surface area contributed by atoms with Crippen LogP contribution in [0.4, 0.5) is 5.69 Å².